The summed E-state index contributed by atoms with van der Waals surface area (Å²) in [6.45, 7) is 3.85. The SMILES string of the molecule is Cc1cc(NC(C)c2ccc(Cl)cc2Cl)nc(Cl)n1. The molecule has 0 aliphatic heterocycles. The van der Waals surface area contributed by atoms with E-state index in [9.17, 15) is 0 Å². The van der Waals surface area contributed by atoms with Crippen molar-refractivity contribution >= 4 is 40.6 Å². The van der Waals surface area contributed by atoms with Crippen LogP contribution in [0.25, 0.3) is 0 Å². The molecule has 1 heterocycles. The highest BCUT2D eigenvalue weighted by Crippen LogP contribution is 2.28. The van der Waals surface area contributed by atoms with Crippen LogP contribution >= 0.6 is 34.8 Å². The number of benzene rings is 1. The van der Waals surface area contributed by atoms with Crippen molar-refractivity contribution in [3.63, 3.8) is 0 Å². The Morgan fingerprint density at radius 1 is 1.11 bits per heavy atom. The third-order valence-electron chi connectivity index (χ3n) is 2.62. The van der Waals surface area contributed by atoms with Gasteiger partial charge in [-0.25, -0.2) is 9.97 Å². The first kappa shape index (κ1) is 14.4. The smallest absolute Gasteiger partial charge is 0.224 e. The molecule has 1 N–H and O–H groups in total. The first-order chi connectivity index (χ1) is 8.95. The van der Waals surface area contributed by atoms with Crippen LogP contribution in [-0.2, 0) is 0 Å². The van der Waals surface area contributed by atoms with Gasteiger partial charge in [0.1, 0.15) is 5.82 Å². The molecule has 1 aromatic heterocycles. The van der Waals surface area contributed by atoms with Gasteiger partial charge in [-0.15, -0.1) is 0 Å². The Kier molecular flexibility index (Phi) is 4.50. The molecule has 0 bridgehead atoms. The standard InChI is InChI=1S/C13H12Cl3N3/c1-7-5-12(19-13(16)17-7)18-8(2)10-4-3-9(14)6-11(10)15/h3-6,8H,1-2H3,(H,17,18,19). The van der Waals surface area contributed by atoms with E-state index in [0.29, 0.717) is 15.9 Å². The number of halogens is 3. The Morgan fingerprint density at radius 2 is 1.84 bits per heavy atom. The Labute approximate surface area is 126 Å². The van der Waals surface area contributed by atoms with E-state index in [0.717, 1.165) is 11.3 Å². The molecule has 100 valence electrons. The van der Waals surface area contributed by atoms with E-state index < -0.39 is 0 Å². The fourth-order valence-electron chi connectivity index (χ4n) is 1.76. The van der Waals surface area contributed by atoms with Crippen LogP contribution in [0.2, 0.25) is 15.3 Å². The number of aryl methyl sites for hydroxylation is 1. The van der Waals surface area contributed by atoms with E-state index in [1.54, 1.807) is 12.1 Å². The quantitative estimate of drug-likeness (QED) is 0.817. The van der Waals surface area contributed by atoms with Crippen LogP contribution in [0.15, 0.2) is 24.3 Å². The second kappa shape index (κ2) is 5.95. The van der Waals surface area contributed by atoms with Crippen molar-refractivity contribution in [2.75, 3.05) is 5.32 Å². The Balaban J connectivity index is 2.22. The van der Waals surface area contributed by atoms with Gasteiger partial charge in [0.25, 0.3) is 0 Å². The first-order valence-corrected chi connectivity index (χ1v) is 6.82. The summed E-state index contributed by atoms with van der Waals surface area (Å²) < 4.78 is 0. The zero-order chi connectivity index (χ0) is 14.0. The van der Waals surface area contributed by atoms with Crippen LogP contribution in [0.4, 0.5) is 5.82 Å². The highest BCUT2D eigenvalue weighted by molar-refractivity contribution is 6.35. The third-order valence-corrected chi connectivity index (χ3v) is 3.35. The fourth-order valence-corrected chi connectivity index (χ4v) is 2.56. The molecule has 1 aromatic carbocycles. The summed E-state index contributed by atoms with van der Waals surface area (Å²) in [5, 5.41) is 4.68. The highest BCUT2D eigenvalue weighted by atomic mass is 35.5. The van der Waals surface area contributed by atoms with E-state index in [1.165, 1.54) is 0 Å². The van der Waals surface area contributed by atoms with E-state index in [1.807, 2.05) is 26.0 Å². The van der Waals surface area contributed by atoms with Gasteiger partial charge in [0.15, 0.2) is 0 Å². The minimum absolute atomic E-state index is 0.0184. The summed E-state index contributed by atoms with van der Waals surface area (Å²) in [5.74, 6) is 0.663. The van der Waals surface area contributed by atoms with E-state index in [-0.39, 0.29) is 11.3 Å². The molecule has 0 amide bonds. The lowest BCUT2D eigenvalue weighted by atomic mass is 10.1. The monoisotopic (exact) mass is 315 g/mol. The number of hydrogen-bond acceptors (Lipinski definition) is 3. The summed E-state index contributed by atoms with van der Waals surface area (Å²) in [4.78, 5) is 8.14. The van der Waals surface area contributed by atoms with Crippen molar-refractivity contribution in [2.24, 2.45) is 0 Å². The topological polar surface area (TPSA) is 37.8 Å². The molecule has 6 heteroatoms. The molecule has 0 spiro atoms. The van der Waals surface area contributed by atoms with Gasteiger partial charge in [0.05, 0.1) is 6.04 Å². The summed E-state index contributed by atoms with van der Waals surface area (Å²) in [6.07, 6.45) is 0. The molecule has 0 aliphatic rings. The summed E-state index contributed by atoms with van der Waals surface area (Å²) >= 11 is 17.9. The highest BCUT2D eigenvalue weighted by Gasteiger charge is 2.11. The fraction of sp³-hybridized carbons (Fsp3) is 0.231. The molecular formula is C13H12Cl3N3. The van der Waals surface area contributed by atoms with Crippen LogP contribution in [0.5, 0.6) is 0 Å². The molecule has 19 heavy (non-hydrogen) atoms. The molecule has 1 unspecified atom stereocenters. The Morgan fingerprint density at radius 3 is 2.47 bits per heavy atom. The number of hydrogen-bond donors (Lipinski definition) is 1. The Hall–Kier alpha value is -1.03. The molecule has 3 nitrogen and oxygen atoms in total. The van der Waals surface area contributed by atoms with Gasteiger partial charge in [-0.2, -0.15) is 0 Å². The van der Waals surface area contributed by atoms with E-state index >= 15 is 0 Å². The zero-order valence-corrected chi connectivity index (χ0v) is 12.7. The molecule has 0 fully saturated rings. The van der Waals surface area contributed by atoms with Gasteiger partial charge >= 0.3 is 0 Å². The normalized spacial score (nSPS) is 12.3. The minimum Gasteiger partial charge on any atom is -0.363 e. The lowest BCUT2D eigenvalue weighted by Gasteiger charge is -2.16. The summed E-state index contributed by atoms with van der Waals surface area (Å²) in [5.41, 5.74) is 1.75. The van der Waals surface area contributed by atoms with Gasteiger partial charge in [-0.1, -0.05) is 29.3 Å². The van der Waals surface area contributed by atoms with Crippen molar-refractivity contribution in [3.05, 3.63) is 50.9 Å². The predicted octanol–water partition coefficient (Wildman–Crippen LogP) is 4.92. The predicted molar refractivity (Wildman–Crippen MR) is 80.3 cm³/mol. The van der Waals surface area contributed by atoms with Gasteiger partial charge in [0, 0.05) is 21.8 Å². The molecule has 0 aliphatic carbocycles. The largest absolute Gasteiger partial charge is 0.363 e. The summed E-state index contributed by atoms with van der Waals surface area (Å²) in [6, 6.07) is 7.22. The number of aromatic nitrogens is 2. The third kappa shape index (κ3) is 3.72. The van der Waals surface area contributed by atoms with Crippen LogP contribution in [0, 0.1) is 6.92 Å². The molecule has 2 aromatic rings. The lowest BCUT2D eigenvalue weighted by molar-refractivity contribution is 0.870. The molecule has 0 radical (unpaired) electrons. The molecule has 0 saturated heterocycles. The molecule has 0 saturated carbocycles. The maximum atomic E-state index is 6.17. The zero-order valence-electron chi connectivity index (χ0n) is 10.4. The average molecular weight is 317 g/mol. The van der Waals surface area contributed by atoms with Gasteiger partial charge in [-0.05, 0) is 43.1 Å². The lowest BCUT2D eigenvalue weighted by Crippen LogP contribution is -2.09. The van der Waals surface area contributed by atoms with Crippen LogP contribution in [0.1, 0.15) is 24.2 Å². The second-order valence-electron chi connectivity index (χ2n) is 4.20. The van der Waals surface area contributed by atoms with Gasteiger partial charge in [0.2, 0.25) is 5.28 Å². The summed E-state index contributed by atoms with van der Waals surface area (Å²) in [7, 11) is 0. The number of anilines is 1. The average Bonchev–Trinajstić information content (AvgIpc) is 2.26. The van der Waals surface area contributed by atoms with Crippen molar-refractivity contribution in [3.8, 4) is 0 Å². The van der Waals surface area contributed by atoms with Crippen LogP contribution < -0.4 is 5.32 Å². The van der Waals surface area contributed by atoms with Crippen molar-refractivity contribution in [1.82, 2.24) is 9.97 Å². The van der Waals surface area contributed by atoms with Crippen molar-refractivity contribution in [1.29, 1.82) is 0 Å². The number of nitrogens with one attached hydrogen (secondary N) is 1. The van der Waals surface area contributed by atoms with Crippen molar-refractivity contribution < 1.29 is 0 Å². The van der Waals surface area contributed by atoms with Crippen molar-refractivity contribution in [2.45, 2.75) is 19.9 Å². The van der Waals surface area contributed by atoms with E-state index in [2.05, 4.69) is 15.3 Å². The maximum Gasteiger partial charge on any atom is 0.224 e. The molecule has 1 atom stereocenters. The second-order valence-corrected chi connectivity index (χ2v) is 5.38. The molecule has 2 rings (SSSR count). The van der Waals surface area contributed by atoms with E-state index in [4.69, 9.17) is 34.8 Å². The van der Waals surface area contributed by atoms with Crippen LogP contribution in [0.3, 0.4) is 0 Å². The molecular weight excluding hydrogens is 305 g/mol. The van der Waals surface area contributed by atoms with Crippen LogP contribution in [-0.4, -0.2) is 9.97 Å². The first-order valence-electron chi connectivity index (χ1n) is 5.68. The van der Waals surface area contributed by atoms with Gasteiger partial charge < -0.3 is 5.32 Å². The van der Waals surface area contributed by atoms with Gasteiger partial charge in [-0.3, -0.25) is 0 Å². The Bertz CT molecular complexity index is 581. The number of rotatable bonds is 3. The minimum atomic E-state index is -0.0184. The maximum absolute atomic E-state index is 6.17. The number of nitrogens with zero attached hydrogens (tertiary/aromatic N) is 2.